The third-order valence-corrected chi connectivity index (χ3v) is 4.64. The number of hydrogen-bond acceptors (Lipinski definition) is 5. The van der Waals surface area contributed by atoms with E-state index < -0.39 is 0 Å². The summed E-state index contributed by atoms with van der Waals surface area (Å²) >= 11 is 0. The highest BCUT2D eigenvalue weighted by Crippen LogP contribution is 2.30. The fourth-order valence-electron chi connectivity index (χ4n) is 3.15. The van der Waals surface area contributed by atoms with Crippen molar-refractivity contribution in [2.45, 2.75) is 25.4 Å². The average Bonchev–Trinajstić information content (AvgIpc) is 3.15. The van der Waals surface area contributed by atoms with Crippen LogP contribution < -0.4 is 20.1 Å². The van der Waals surface area contributed by atoms with E-state index in [2.05, 4.69) is 10.6 Å². The van der Waals surface area contributed by atoms with Crippen LogP contribution in [0.15, 0.2) is 42.5 Å². The Labute approximate surface area is 163 Å². The topological polar surface area (TPSA) is 85.9 Å². The molecule has 0 saturated carbocycles. The Morgan fingerprint density at radius 1 is 0.821 bits per heavy atom. The summed E-state index contributed by atoms with van der Waals surface area (Å²) in [5, 5.41) is 5.67. The first kappa shape index (κ1) is 18.3. The standard InChI is InChI=1S/C21H22N2O5/c24-20(14-4-9-17-19(13-14)28-12-2-11-26-17)22-15-5-7-16(8-6-15)23-21(25)18-3-1-10-27-18/h4-9,13,18H,1-3,10-12H2,(H,22,24)(H,23,25)/t18-/m0/s1. The molecular formula is C21H22N2O5. The first-order chi connectivity index (χ1) is 13.7. The van der Waals surface area contributed by atoms with Crippen LogP contribution in [-0.4, -0.2) is 37.7 Å². The highest BCUT2D eigenvalue weighted by molar-refractivity contribution is 6.04. The van der Waals surface area contributed by atoms with Crippen LogP contribution in [0.2, 0.25) is 0 Å². The Morgan fingerprint density at radius 3 is 2.25 bits per heavy atom. The number of benzene rings is 2. The summed E-state index contributed by atoms with van der Waals surface area (Å²) < 4.78 is 16.6. The highest BCUT2D eigenvalue weighted by atomic mass is 16.5. The van der Waals surface area contributed by atoms with Gasteiger partial charge in [-0.25, -0.2) is 0 Å². The number of amides is 2. The van der Waals surface area contributed by atoms with E-state index in [-0.39, 0.29) is 17.9 Å². The number of nitrogens with one attached hydrogen (secondary N) is 2. The van der Waals surface area contributed by atoms with Crippen LogP contribution in [0, 0.1) is 0 Å². The van der Waals surface area contributed by atoms with E-state index in [0.717, 1.165) is 19.3 Å². The molecule has 1 atom stereocenters. The zero-order valence-corrected chi connectivity index (χ0v) is 15.4. The quantitative estimate of drug-likeness (QED) is 0.848. The maximum Gasteiger partial charge on any atom is 0.255 e. The molecule has 2 aliphatic rings. The van der Waals surface area contributed by atoms with Gasteiger partial charge in [0.2, 0.25) is 0 Å². The maximum atomic E-state index is 12.5. The van der Waals surface area contributed by atoms with E-state index in [1.807, 2.05) is 0 Å². The van der Waals surface area contributed by atoms with Gasteiger partial charge in [-0.05, 0) is 55.3 Å². The molecule has 2 aromatic rings. The van der Waals surface area contributed by atoms with E-state index in [1.165, 1.54) is 0 Å². The van der Waals surface area contributed by atoms with Crippen LogP contribution in [0.1, 0.15) is 29.6 Å². The fourth-order valence-corrected chi connectivity index (χ4v) is 3.15. The van der Waals surface area contributed by atoms with E-state index in [0.29, 0.717) is 48.3 Å². The van der Waals surface area contributed by atoms with E-state index in [4.69, 9.17) is 14.2 Å². The number of ether oxygens (including phenoxy) is 3. The number of anilines is 2. The van der Waals surface area contributed by atoms with Gasteiger partial charge in [-0.3, -0.25) is 9.59 Å². The van der Waals surface area contributed by atoms with Crippen LogP contribution in [0.3, 0.4) is 0 Å². The predicted octanol–water partition coefficient (Wildman–Crippen LogP) is 3.22. The Morgan fingerprint density at radius 2 is 1.54 bits per heavy atom. The summed E-state index contributed by atoms with van der Waals surface area (Å²) in [6.07, 6.45) is 2.09. The minimum atomic E-state index is -0.376. The average molecular weight is 382 g/mol. The Bertz CT molecular complexity index is 860. The van der Waals surface area contributed by atoms with Crippen molar-refractivity contribution in [1.29, 1.82) is 0 Å². The summed E-state index contributed by atoms with van der Waals surface area (Å²) in [5.74, 6) is 0.853. The second-order valence-corrected chi connectivity index (χ2v) is 6.73. The van der Waals surface area contributed by atoms with Crippen molar-refractivity contribution in [3.05, 3.63) is 48.0 Å². The molecule has 1 saturated heterocycles. The number of hydrogen-bond donors (Lipinski definition) is 2. The van der Waals surface area contributed by atoms with Gasteiger partial charge in [0.05, 0.1) is 13.2 Å². The summed E-state index contributed by atoms with van der Waals surface area (Å²) in [7, 11) is 0. The van der Waals surface area contributed by atoms with Crippen LogP contribution in [-0.2, 0) is 9.53 Å². The lowest BCUT2D eigenvalue weighted by Gasteiger charge is -2.12. The minimum Gasteiger partial charge on any atom is -0.490 e. The maximum absolute atomic E-state index is 12.5. The first-order valence-electron chi connectivity index (χ1n) is 9.42. The van der Waals surface area contributed by atoms with E-state index >= 15 is 0 Å². The molecule has 2 aliphatic heterocycles. The van der Waals surface area contributed by atoms with Gasteiger partial charge >= 0.3 is 0 Å². The molecule has 0 unspecified atom stereocenters. The zero-order valence-electron chi connectivity index (χ0n) is 15.4. The van der Waals surface area contributed by atoms with Crippen LogP contribution in [0.5, 0.6) is 11.5 Å². The van der Waals surface area contributed by atoms with E-state index in [1.54, 1.807) is 42.5 Å². The van der Waals surface area contributed by atoms with Crippen LogP contribution >= 0.6 is 0 Å². The molecule has 28 heavy (non-hydrogen) atoms. The molecule has 2 heterocycles. The van der Waals surface area contributed by atoms with Crippen molar-refractivity contribution in [3.8, 4) is 11.5 Å². The fraction of sp³-hybridized carbons (Fsp3) is 0.333. The Hall–Kier alpha value is -3.06. The molecule has 0 radical (unpaired) electrons. The van der Waals surface area contributed by atoms with Gasteiger partial charge in [0.1, 0.15) is 6.10 Å². The second kappa shape index (κ2) is 8.31. The van der Waals surface area contributed by atoms with Gasteiger partial charge in [-0.15, -0.1) is 0 Å². The summed E-state index contributed by atoms with van der Waals surface area (Å²) in [6.45, 7) is 1.80. The number of carbonyl (C=O) groups excluding carboxylic acids is 2. The lowest BCUT2D eigenvalue weighted by Crippen LogP contribution is -2.26. The lowest BCUT2D eigenvalue weighted by molar-refractivity contribution is -0.124. The summed E-state index contributed by atoms with van der Waals surface area (Å²) in [4.78, 5) is 24.6. The van der Waals surface area contributed by atoms with Crippen molar-refractivity contribution >= 4 is 23.2 Å². The summed E-state index contributed by atoms with van der Waals surface area (Å²) in [5.41, 5.74) is 1.78. The molecule has 2 N–H and O–H groups in total. The van der Waals surface area contributed by atoms with Gasteiger partial charge in [0.25, 0.3) is 11.8 Å². The number of fused-ring (bicyclic) bond motifs is 1. The predicted molar refractivity (Wildman–Crippen MR) is 104 cm³/mol. The molecule has 7 heteroatoms. The van der Waals surface area contributed by atoms with Crippen molar-refractivity contribution in [1.82, 2.24) is 0 Å². The molecule has 146 valence electrons. The summed E-state index contributed by atoms with van der Waals surface area (Å²) in [6, 6.07) is 12.1. The van der Waals surface area contributed by atoms with Gasteiger partial charge in [0.15, 0.2) is 11.5 Å². The molecule has 0 aromatic heterocycles. The third kappa shape index (κ3) is 4.26. The Balaban J connectivity index is 1.38. The second-order valence-electron chi connectivity index (χ2n) is 6.73. The number of rotatable bonds is 4. The zero-order chi connectivity index (χ0) is 19.3. The molecule has 4 rings (SSSR count). The van der Waals surface area contributed by atoms with Crippen molar-refractivity contribution in [2.24, 2.45) is 0 Å². The van der Waals surface area contributed by atoms with Gasteiger partial charge < -0.3 is 24.8 Å². The van der Waals surface area contributed by atoms with Crippen LogP contribution in [0.4, 0.5) is 11.4 Å². The lowest BCUT2D eigenvalue weighted by atomic mass is 10.1. The van der Waals surface area contributed by atoms with Gasteiger partial charge in [-0.1, -0.05) is 0 Å². The van der Waals surface area contributed by atoms with E-state index in [9.17, 15) is 9.59 Å². The Kier molecular flexibility index (Phi) is 5.43. The molecule has 2 aromatic carbocycles. The van der Waals surface area contributed by atoms with Crippen LogP contribution in [0.25, 0.3) is 0 Å². The molecule has 2 amide bonds. The molecule has 0 aliphatic carbocycles. The van der Waals surface area contributed by atoms with Gasteiger partial charge in [0, 0.05) is 30.0 Å². The van der Waals surface area contributed by atoms with Crippen molar-refractivity contribution in [2.75, 3.05) is 30.5 Å². The smallest absolute Gasteiger partial charge is 0.255 e. The van der Waals surface area contributed by atoms with Gasteiger partial charge in [-0.2, -0.15) is 0 Å². The van der Waals surface area contributed by atoms with Crippen molar-refractivity contribution in [3.63, 3.8) is 0 Å². The molecule has 0 spiro atoms. The molecular weight excluding hydrogens is 360 g/mol. The highest BCUT2D eigenvalue weighted by Gasteiger charge is 2.23. The SMILES string of the molecule is O=C(Nc1ccc(NC(=O)[C@@H]2CCCO2)cc1)c1ccc2c(c1)OCCCO2. The third-order valence-electron chi connectivity index (χ3n) is 4.64. The minimum absolute atomic E-state index is 0.138. The monoisotopic (exact) mass is 382 g/mol. The normalized spacial score (nSPS) is 18.2. The van der Waals surface area contributed by atoms with Crippen molar-refractivity contribution < 1.29 is 23.8 Å². The molecule has 1 fully saturated rings. The largest absolute Gasteiger partial charge is 0.490 e. The first-order valence-corrected chi connectivity index (χ1v) is 9.42. The molecule has 0 bridgehead atoms. The number of carbonyl (C=O) groups is 2. The molecule has 7 nitrogen and oxygen atoms in total.